The lowest BCUT2D eigenvalue weighted by atomic mass is 10.8. The molecule has 0 aromatic rings. The summed E-state index contributed by atoms with van der Waals surface area (Å²) in [6, 6.07) is 0. The van der Waals surface area contributed by atoms with Gasteiger partial charge in [0.05, 0.1) is 0 Å². The van der Waals surface area contributed by atoms with Crippen LogP contribution in [-0.2, 0) is 9.05 Å². The van der Waals surface area contributed by atoms with Gasteiger partial charge >= 0.3 is 8.60 Å². The fraction of sp³-hybridized carbons (Fsp3) is 0.333. The maximum Gasteiger partial charge on any atom is 0.331 e. The van der Waals surface area contributed by atoms with Crippen molar-refractivity contribution in [1.82, 2.24) is 0 Å². The minimum absolute atomic E-state index is 0.0345. The molecule has 0 aliphatic heterocycles. The molecule has 0 heterocycles. The first kappa shape index (κ1) is 9.43. The van der Waals surface area contributed by atoms with Crippen LogP contribution < -0.4 is 0 Å². The van der Waals surface area contributed by atoms with E-state index in [0.29, 0.717) is 0 Å². The van der Waals surface area contributed by atoms with Crippen molar-refractivity contribution in [3.8, 4) is 24.7 Å². The van der Waals surface area contributed by atoms with Crippen LogP contribution in [0, 0.1) is 24.7 Å². The van der Waals surface area contributed by atoms with Crippen molar-refractivity contribution in [2.75, 3.05) is 13.2 Å². The SMILES string of the molecule is C#CCOP(O)OCC#C. The molecule has 0 aliphatic carbocycles. The number of hydrogen-bond acceptors (Lipinski definition) is 3. The van der Waals surface area contributed by atoms with E-state index >= 15 is 0 Å². The predicted octanol–water partition coefficient (Wildman–Crippen LogP) is 0.505. The van der Waals surface area contributed by atoms with Crippen LogP contribution in [0.1, 0.15) is 0 Å². The second kappa shape index (κ2) is 6.55. The molecule has 0 spiro atoms. The number of hydrogen-bond donors (Lipinski definition) is 1. The Morgan fingerprint density at radius 1 is 1.20 bits per heavy atom. The zero-order valence-electron chi connectivity index (χ0n) is 5.28. The lowest BCUT2D eigenvalue weighted by Gasteiger charge is -2.04. The summed E-state index contributed by atoms with van der Waals surface area (Å²) >= 11 is 0. The van der Waals surface area contributed by atoms with E-state index in [9.17, 15) is 0 Å². The van der Waals surface area contributed by atoms with Gasteiger partial charge in [-0.15, -0.1) is 12.8 Å². The minimum Gasteiger partial charge on any atom is -0.328 e. The van der Waals surface area contributed by atoms with Gasteiger partial charge in [0.15, 0.2) is 0 Å². The predicted molar refractivity (Wildman–Crippen MR) is 38.7 cm³/mol. The van der Waals surface area contributed by atoms with Gasteiger partial charge in [0.2, 0.25) is 0 Å². The average molecular weight is 158 g/mol. The van der Waals surface area contributed by atoms with Gasteiger partial charge < -0.3 is 4.89 Å². The van der Waals surface area contributed by atoms with Crippen LogP contribution in [0.2, 0.25) is 0 Å². The van der Waals surface area contributed by atoms with Crippen LogP contribution in [0.15, 0.2) is 0 Å². The molecule has 0 aliphatic rings. The zero-order chi connectivity index (χ0) is 7.82. The molecule has 3 nitrogen and oxygen atoms in total. The summed E-state index contributed by atoms with van der Waals surface area (Å²) in [4.78, 5) is 8.74. The van der Waals surface area contributed by atoms with Crippen molar-refractivity contribution in [3.05, 3.63) is 0 Å². The van der Waals surface area contributed by atoms with E-state index in [1.807, 2.05) is 0 Å². The highest BCUT2D eigenvalue weighted by Crippen LogP contribution is 2.31. The standard InChI is InChI=1S/C6H7O3P/c1-3-5-8-10(7)9-6-4-2/h1-2,7H,5-6H2. The van der Waals surface area contributed by atoms with Crippen LogP contribution >= 0.6 is 8.60 Å². The molecule has 0 fully saturated rings. The van der Waals surface area contributed by atoms with Gasteiger partial charge in [0.25, 0.3) is 0 Å². The van der Waals surface area contributed by atoms with Gasteiger partial charge in [0, 0.05) is 0 Å². The van der Waals surface area contributed by atoms with E-state index in [4.69, 9.17) is 17.7 Å². The largest absolute Gasteiger partial charge is 0.331 e. The molecule has 54 valence electrons. The van der Waals surface area contributed by atoms with E-state index in [0.717, 1.165) is 0 Å². The normalized spacial score (nSPS) is 8.80. The van der Waals surface area contributed by atoms with E-state index in [1.165, 1.54) is 0 Å². The fourth-order valence-electron chi connectivity index (χ4n) is 0.222. The summed E-state index contributed by atoms with van der Waals surface area (Å²) in [7, 11) is -1.88. The molecule has 0 atom stereocenters. The third kappa shape index (κ3) is 5.56. The Labute approximate surface area is 61.3 Å². The maximum atomic E-state index is 8.74. The summed E-state index contributed by atoms with van der Waals surface area (Å²) in [5, 5.41) is 0. The van der Waals surface area contributed by atoms with Crippen molar-refractivity contribution >= 4 is 8.60 Å². The van der Waals surface area contributed by atoms with E-state index in [-0.39, 0.29) is 13.2 Å². The zero-order valence-corrected chi connectivity index (χ0v) is 6.17. The van der Waals surface area contributed by atoms with Gasteiger partial charge in [-0.25, -0.2) is 0 Å². The molecule has 0 bridgehead atoms. The van der Waals surface area contributed by atoms with Gasteiger partial charge in [-0.3, -0.25) is 9.05 Å². The van der Waals surface area contributed by atoms with Gasteiger partial charge in [0.1, 0.15) is 13.2 Å². The van der Waals surface area contributed by atoms with Gasteiger partial charge in [-0.05, 0) is 0 Å². The van der Waals surface area contributed by atoms with Crippen LogP contribution in [0.4, 0.5) is 0 Å². The lowest BCUT2D eigenvalue weighted by Crippen LogP contribution is -1.90. The Hall–Kier alpha value is -0.570. The topological polar surface area (TPSA) is 38.7 Å². The monoisotopic (exact) mass is 158 g/mol. The Kier molecular flexibility index (Phi) is 6.18. The van der Waals surface area contributed by atoms with Crippen LogP contribution in [0.25, 0.3) is 0 Å². The average Bonchev–Trinajstić information content (AvgIpc) is 1.97. The first-order valence-electron chi connectivity index (χ1n) is 2.43. The summed E-state index contributed by atoms with van der Waals surface area (Å²) in [5.41, 5.74) is 0. The summed E-state index contributed by atoms with van der Waals surface area (Å²) in [6.07, 6.45) is 9.67. The van der Waals surface area contributed by atoms with Crippen molar-refractivity contribution < 1.29 is 13.9 Å². The van der Waals surface area contributed by atoms with E-state index in [2.05, 4.69) is 20.9 Å². The first-order valence-corrected chi connectivity index (χ1v) is 3.56. The second-order valence-electron chi connectivity index (χ2n) is 1.19. The van der Waals surface area contributed by atoms with E-state index in [1.54, 1.807) is 0 Å². The lowest BCUT2D eigenvalue weighted by molar-refractivity contribution is 0.237. The molecule has 0 aromatic heterocycles. The fourth-order valence-corrected chi connectivity index (χ4v) is 0.667. The molecule has 0 saturated heterocycles. The highest BCUT2D eigenvalue weighted by atomic mass is 31.2. The van der Waals surface area contributed by atoms with Crippen LogP contribution in [0.3, 0.4) is 0 Å². The third-order valence-corrected chi connectivity index (χ3v) is 1.22. The van der Waals surface area contributed by atoms with E-state index < -0.39 is 8.60 Å². The maximum absolute atomic E-state index is 8.74. The molecular formula is C6H7O3P. The minimum atomic E-state index is -1.88. The van der Waals surface area contributed by atoms with Gasteiger partial charge in [-0.1, -0.05) is 11.8 Å². The second-order valence-corrected chi connectivity index (χ2v) is 2.19. The molecule has 0 saturated carbocycles. The van der Waals surface area contributed by atoms with Crippen molar-refractivity contribution in [2.45, 2.75) is 0 Å². The van der Waals surface area contributed by atoms with Crippen LogP contribution in [0.5, 0.6) is 0 Å². The molecule has 1 N–H and O–H groups in total. The smallest absolute Gasteiger partial charge is 0.328 e. The Balaban J connectivity index is 3.20. The summed E-state index contributed by atoms with van der Waals surface area (Å²) in [6.45, 7) is 0.0690. The Morgan fingerprint density at radius 3 is 1.90 bits per heavy atom. The van der Waals surface area contributed by atoms with Crippen molar-refractivity contribution in [3.63, 3.8) is 0 Å². The molecule has 4 heteroatoms. The Bertz CT molecular complexity index is 137. The number of terminal acetylenes is 2. The first-order chi connectivity index (χ1) is 4.81. The van der Waals surface area contributed by atoms with Gasteiger partial charge in [-0.2, -0.15) is 0 Å². The highest BCUT2D eigenvalue weighted by Gasteiger charge is 2.02. The Morgan fingerprint density at radius 2 is 1.60 bits per heavy atom. The molecule has 0 radical (unpaired) electrons. The van der Waals surface area contributed by atoms with Crippen LogP contribution in [-0.4, -0.2) is 18.1 Å². The highest BCUT2D eigenvalue weighted by molar-refractivity contribution is 7.40. The molecule has 0 aromatic carbocycles. The molecule has 0 unspecified atom stereocenters. The number of rotatable bonds is 4. The quantitative estimate of drug-likeness (QED) is 0.478. The summed E-state index contributed by atoms with van der Waals surface area (Å²) < 4.78 is 9.12. The van der Waals surface area contributed by atoms with Crippen molar-refractivity contribution in [1.29, 1.82) is 0 Å². The molecule has 0 rings (SSSR count). The van der Waals surface area contributed by atoms with Crippen molar-refractivity contribution in [2.24, 2.45) is 0 Å². The summed E-state index contributed by atoms with van der Waals surface area (Å²) in [5.74, 6) is 4.35. The third-order valence-electron chi connectivity index (χ3n) is 0.517. The molecule has 10 heavy (non-hydrogen) atoms. The molecular weight excluding hydrogens is 151 g/mol. The molecule has 0 amide bonds.